The van der Waals surface area contributed by atoms with Crippen molar-refractivity contribution in [3.8, 4) is 5.88 Å². The molecule has 0 aromatic carbocycles. The molecule has 0 spiro atoms. The number of aliphatic hydroxyl groups is 1. The maximum Gasteiger partial charge on any atom is 0.212 e. The van der Waals surface area contributed by atoms with Crippen molar-refractivity contribution in [2.45, 2.75) is 31.9 Å². The summed E-state index contributed by atoms with van der Waals surface area (Å²) < 4.78 is 5.16. The first-order valence-electron chi connectivity index (χ1n) is 8.30. The lowest BCUT2D eigenvalue weighted by atomic mass is 9.75. The third-order valence-corrected chi connectivity index (χ3v) is 5.48. The number of thiophene rings is 1. The maximum absolute atomic E-state index is 9.76. The van der Waals surface area contributed by atoms with Gasteiger partial charge in [-0.3, -0.25) is 0 Å². The van der Waals surface area contributed by atoms with Crippen LogP contribution in [-0.2, 0) is 0 Å². The molecule has 3 heterocycles. The third kappa shape index (κ3) is 3.17. The quantitative estimate of drug-likeness (QED) is 0.730. The van der Waals surface area contributed by atoms with Gasteiger partial charge >= 0.3 is 0 Å². The molecule has 1 aliphatic rings. The lowest BCUT2D eigenvalue weighted by molar-refractivity contribution is 0.0339. The van der Waals surface area contributed by atoms with Crippen LogP contribution in [0.3, 0.4) is 0 Å². The summed E-state index contributed by atoms with van der Waals surface area (Å²) in [5.41, 5.74) is 1.07. The Morgan fingerprint density at radius 3 is 2.80 bits per heavy atom. The molecular weight excluding hydrogens is 336 g/mol. The number of aliphatic hydroxyl groups excluding tert-OH is 1. The molecule has 0 saturated heterocycles. The summed E-state index contributed by atoms with van der Waals surface area (Å²) in [6.07, 6.45) is 3.18. The molecule has 2 N–H and O–H groups in total. The molecule has 1 atom stereocenters. The van der Waals surface area contributed by atoms with E-state index in [1.165, 1.54) is 0 Å². The van der Waals surface area contributed by atoms with Gasteiger partial charge in [0, 0.05) is 12.3 Å². The average molecular weight is 356 g/mol. The number of fused-ring (bicyclic) bond motifs is 1. The van der Waals surface area contributed by atoms with Crippen molar-refractivity contribution in [3.63, 3.8) is 0 Å². The van der Waals surface area contributed by atoms with Crippen LogP contribution in [0.25, 0.3) is 10.2 Å². The molecule has 0 aliphatic heterocycles. The van der Waals surface area contributed by atoms with Crippen LogP contribution >= 0.6 is 11.3 Å². The summed E-state index contributed by atoms with van der Waals surface area (Å²) in [4.78, 5) is 14.4. The number of nitrogens with one attached hydrogen (secondary N) is 1. The minimum atomic E-state index is -0.214. The fraction of sp³-hybridized carbons (Fsp3) is 0.389. The third-order valence-electron chi connectivity index (χ3n) is 4.68. The normalized spacial score (nSPS) is 20.9. The zero-order chi connectivity index (χ0) is 17.4. The zero-order valence-electron chi connectivity index (χ0n) is 14.1. The van der Waals surface area contributed by atoms with E-state index in [4.69, 9.17) is 4.74 Å². The second kappa shape index (κ2) is 6.57. The average Bonchev–Trinajstić information content (AvgIpc) is 3.05. The highest BCUT2D eigenvalue weighted by molar-refractivity contribution is 7.16. The largest absolute Gasteiger partial charge is 0.481 e. The Labute approximate surface area is 149 Å². The molecule has 0 radical (unpaired) electrons. The molecule has 6 nitrogen and oxygen atoms in total. The highest BCUT2D eigenvalue weighted by atomic mass is 32.1. The fourth-order valence-electron chi connectivity index (χ4n) is 3.29. The molecule has 0 unspecified atom stereocenters. The van der Waals surface area contributed by atoms with E-state index in [1.807, 2.05) is 36.7 Å². The first-order chi connectivity index (χ1) is 12.1. The SMILES string of the molecule is COc1ccc([C@H](Nc2nc(C)nc3sccc23)C2CC(O)C2)cn1. The summed E-state index contributed by atoms with van der Waals surface area (Å²) in [6, 6.07) is 5.97. The number of rotatable bonds is 5. The maximum atomic E-state index is 9.76. The fourth-order valence-corrected chi connectivity index (χ4v) is 4.10. The molecule has 1 fully saturated rings. The van der Waals surface area contributed by atoms with E-state index in [0.29, 0.717) is 11.8 Å². The van der Waals surface area contributed by atoms with Crippen LogP contribution in [-0.4, -0.2) is 33.3 Å². The van der Waals surface area contributed by atoms with Gasteiger partial charge in [-0.15, -0.1) is 11.3 Å². The Hall–Kier alpha value is -2.25. The Morgan fingerprint density at radius 2 is 2.12 bits per heavy atom. The van der Waals surface area contributed by atoms with Gasteiger partial charge < -0.3 is 15.2 Å². The van der Waals surface area contributed by atoms with Gasteiger partial charge in [-0.25, -0.2) is 15.0 Å². The second-order valence-corrected chi connectivity index (χ2v) is 7.29. The van der Waals surface area contributed by atoms with E-state index >= 15 is 0 Å². The van der Waals surface area contributed by atoms with Crippen molar-refractivity contribution in [1.82, 2.24) is 15.0 Å². The Balaban J connectivity index is 1.69. The summed E-state index contributed by atoms with van der Waals surface area (Å²) in [7, 11) is 1.61. The van der Waals surface area contributed by atoms with Gasteiger partial charge in [0.25, 0.3) is 0 Å². The van der Waals surface area contributed by atoms with E-state index in [9.17, 15) is 5.11 Å². The van der Waals surface area contributed by atoms with E-state index in [1.54, 1.807) is 18.4 Å². The number of hydrogen-bond acceptors (Lipinski definition) is 7. The number of methoxy groups -OCH3 is 1. The van der Waals surface area contributed by atoms with Gasteiger partial charge in [0.2, 0.25) is 5.88 Å². The van der Waals surface area contributed by atoms with Crippen molar-refractivity contribution >= 4 is 27.4 Å². The van der Waals surface area contributed by atoms with Crippen molar-refractivity contribution in [3.05, 3.63) is 41.2 Å². The van der Waals surface area contributed by atoms with Crippen LogP contribution in [0.5, 0.6) is 5.88 Å². The molecule has 25 heavy (non-hydrogen) atoms. The number of ether oxygens (including phenoxy) is 1. The Morgan fingerprint density at radius 1 is 1.28 bits per heavy atom. The summed E-state index contributed by atoms with van der Waals surface area (Å²) in [5, 5.41) is 16.4. The summed E-state index contributed by atoms with van der Waals surface area (Å²) >= 11 is 1.61. The predicted molar refractivity (Wildman–Crippen MR) is 98.0 cm³/mol. The molecule has 3 aromatic rings. The van der Waals surface area contributed by atoms with Gasteiger partial charge in [0.1, 0.15) is 16.5 Å². The number of aromatic nitrogens is 3. The minimum absolute atomic E-state index is 0.0409. The summed E-state index contributed by atoms with van der Waals surface area (Å²) in [6.45, 7) is 1.90. The van der Waals surface area contributed by atoms with Crippen molar-refractivity contribution in [1.29, 1.82) is 0 Å². The topological polar surface area (TPSA) is 80.2 Å². The molecule has 130 valence electrons. The minimum Gasteiger partial charge on any atom is -0.481 e. The van der Waals surface area contributed by atoms with E-state index in [0.717, 1.165) is 40.3 Å². The molecule has 0 bridgehead atoms. The van der Waals surface area contributed by atoms with E-state index in [2.05, 4.69) is 20.3 Å². The molecule has 1 aliphatic carbocycles. The first-order valence-corrected chi connectivity index (χ1v) is 9.18. The van der Waals surface area contributed by atoms with Crippen LogP contribution in [0.2, 0.25) is 0 Å². The lowest BCUT2D eigenvalue weighted by Crippen LogP contribution is -2.36. The number of hydrogen-bond donors (Lipinski definition) is 2. The van der Waals surface area contributed by atoms with Crippen LogP contribution in [0.4, 0.5) is 5.82 Å². The monoisotopic (exact) mass is 356 g/mol. The molecule has 4 rings (SSSR count). The molecule has 3 aromatic heterocycles. The van der Waals surface area contributed by atoms with Gasteiger partial charge in [0.05, 0.1) is 24.6 Å². The van der Waals surface area contributed by atoms with Crippen molar-refractivity contribution < 1.29 is 9.84 Å². The molecule has 0 amide bonds. The van der Waals surface area contributed by atoms with Gasteiger partial charge in [-0.1, -0.05) is 6.07 Å². The molecular formula is C18H20N4O2S. The van der Waals surface area contributed by atoms with Crippen LogP contribution < -0.4 is 10.1 Å². The Bertz CT molecular complexity index is 874. The van der Waals surface area contributed by atoms with Crippen LogP contribution in [0, 0.1) is 12.8 Å². The molecule has 7 heteroatoms. The smallest absolute Gasteiger partial charge is 0.212 e. The molecule has 1 saturated carbocycles. The predicted octanol–water partition coefficient (Wildman–Crippen LogP) is 3.33. The van der Waals surface area contributed by atoms with Gasteiger partial charge in [-0.05, 0) is 42.7 Å². The number of pyridine rings is 1. The highest BCUT2D eigenvalue weighted by Crippen LogP contribution is 2.41. The number of nitrogens with zero attached hydrogens (tertiary/aromatic N) is 3. The van der Waals surface area contributed by atoms with Gasteiger partial charge in [0.15, 0.2) is 0 Å². The van der Waals surface area contributed by atoms with Crippen molar-refractivity contribution in [2.24, 2.45) is 5.92 Å². The Kier molecular flexibility index (Phi) is 4.27. The van der Waals surface area contributed by atoms with E-state index in [-0.39, 0.29) is 12.1 Å². The second-order valence-electron chi connectivity index (χ2n) is 6.40. The lowest BCUT2D eigenvalue weighted by Gasteiger charge is -2.38. The summed E-state index contributed by atoms with van der Waals surface area (Å²) in [5.74, 6) is 2.52. The van der Waals surface area contributed by atoms with Crippen LogP contribution in [0.15, 0.2) is 29.8 Å². The standard InChI is InChI=1S/C18H20N4O2S/c1-10-20-17(14-5-6-25-18(14)21-10)22-16(12-7-13(23)8-12)11-3-4-15(24-2)19-9-11/h3-6,9,12-13,16,23H,7-8H2,1-2H3,(H,20,21,22)/t12?,13?,16-/m0/s1. The van der Waals surface area contributed by atoms with Crippen molar-refractivity contribution in [2.75, 3.05) is 12.4 Å². The first kappa shape index (κ1) is 16.2. The number of aryl methyl sites for hydroxylation is 1. The number of anilines is 1. The van der Waals surface area contributed by atoms with Crippen LogP contribution in [0.1, 0.15) is 30.3 Å². The van der Waals surface area contributed by atoms with Gasteiger partial charge in [-0.2, -0.15) is 0 Å². The zero-order valence-corrected chi connectivity index (χ0v) is 15.0. The highest BCUT2D eigenvalue weighted by Gasteiger charge is 2.35. The van der Waals surface area contributed by atoms with E-state index < -0.39 is 0 Å².